The lowest BCUT2D eigenvalue weighted by Crippen LogP contribution is -2.51. The van der Waals surface area contributed by atoms with Gasteiger partial charge in [0.15, 0.2) is 0 Å². The minimum absolute atomic E-state index is 0. The minimum Gasteiger partial charge on any atom is -0.369 e. The number of nitrogens with two attached hydrogens (primary N) is 1. The summed E-state index contributed by atoms with van der Waals surface area (Å²) in [6.45, 7) is 2.32. The molecule has 3 nitrogen and oxygen atoms in total. The van der Waals surface area contributed by atoms with Gasteiger partial charge < -0.3 is 10.6 Å². The molecule has 1 saturated heterocycles. The van der Waals surface area contributed by atoms with Crippen LogP contribution in [0.5, 0.6) is 0 Å². The van der Waals surface area contributed by atoms with Crippen molar-refractivity contribution in [2.45, 2.75) is 25.6 Å². The van der Waals surface area contributed by atoms with E-state index in [1.807, 2.05) is 25.1 Å². The second-order valence-corrected chi connectivity index (χ2v) is 5.94. The van der Waals surface area contributed by atoms with Crippen molar-refractivity contribution < 1.29 is 13.2 Å². The van der Waals surface area contributed by atoms with Crippen LogP contribution in [0, 0.1) is 12.8 Å². The summed E-state index contributed by atoms with van der Waals surface area (Å²) in [6, 6.07) is 6.98. The van der Waals surface area contributed by atoms with Gasteiger partial charge in [-0.05, 0) is 37.1 Å². The fourth-order valence-corrected chi connectivity index (χ4v) is 3.15. The number of nitrogens with zero attached hydrogens (tertiary/aromatic N) is 2. The van der Waals surface area contributed by atoms with E-state index in [4.69, 9.17) is 5.73 Å². The Kier molecular flexibility index (Phi) is 5.06. The van der Waals surface area contributed by atoms with Gasteiger partial charge in [-0.15, -0.1) is 12.4 Å². The first-order chi connectivity index (χ1) is 10.4. The molecule has 1 aliphatic heterocycles. The number of benzene rings is 1. The van der Waals surface area contributed by atoms with E-state index in [0.29, 0.717) is 6.54 Å². The number of halogens is 4. The second kappa shape index (κ2) is 6.53. The summed E-state index contributed by atoms with van der Waals surface area (Å²) in [4.78, 5) is 6.09. The van der Waals surface area contributed by atoms with Crippen LogP contribution in [-0.2, 0) is 0 Å². The number of fused-ring (bicyclic) bond motifs is 1. The average molecular weight is 346 g/mol. The van der Waals surface area contributed by atoms with Crippen LogP contribution < -0.4 is 10.6 Å². The number of aromatic nitrogens is 1. The number of aryl methyl sites for hydroxylation is 1. The summed E-state index contributed by atoms with van der Waals surface area (Å²) in [5.74, 6) is -1.38. The monoisotopic (exact) mass is 345 g/mol. The van der Waals surface area contributed by atoms with E-state index in [1.54, 1.807) is 17.2 Å². The first kappa shape index (κ1) is 17.8. The van der Waals surface area contributed by atoms with Crippen LogP contribution in [0.1, 0.15) is 12.0 Å². The quantitative estimate of drug-likeness (QED) is 0.857. The molecule has 2 heterocycles. The summed E-state index contributed by atoms with van der Waals surface area (Å²) in [6.07, 6.45) is -2.53. The number of rotatable bonds is 1. The first-order valence-corrected chi connectivity index (χ1v) is 7.28. The molecule has 1 aromatic heterocycles. The van der Waals surface area contributed by atoms with Crippen molar-refractivity contribution in [3.8, 4) is 0 Å². The third-order valence-corrected chi connectivity index (χ3v) is 4.23. The lowest BCUT2D eigenvalue weighted by atomic mass is 9.93. The number of hydrogen-bond acceptors (Lipinski definition) is 3. The van der Waals surface area contributed by atoms with Gasteiger partial charge in [-0.25, -0.2) is 0 Å². The zero-order chi connectivity index (χ0) is 15.9. The van der Waals surface area contributed by atoms with Gasteiger partial charge in [0.1, 0.15) is 0 Å². The van der Waals surface area contributed by atoms with E-state index >= 15 is 0 Å². The molecule has 0 saturated carbocycles. The molecule has 7 heteroatoms. The summed E-state index contributed by atoms with van der Waals surface area (Å²) in [5, 5.41) is 0.873. The third-order valence-electron chi connectivity index (χ3n) is 4.23. The predicted molar refractivity (Wildman–Crippen MR) is 88.1 cm³/mol. The summed E-state index contributed by atoms with van der Waals surface area (Å²) >= 11 is 0. The standard InChI is InChI=1S/C16H18F3N3.ClH/c1-10-4-5-14(13-3-2-6-21-15(10)13)22-8-11(16(17,18)19)7-12(20)9-22;/h2-6,11-12H,7-9,20H2,1H3;1H/t11-,12+;/m0./s1. The molecule has 0 unspecified atom stereocenters. The summed E-state index contributed by atoms with van der Waals surface area (Å²) in [7, 11) is 0. The summed E-state index contributed by atoms with van der Waals surface area (Å²) in [5.41, 5.74) is 8.47. The normalized spacial score (nSPS) is 22.0. The lowest BCUT2D eigenvalue weighted by Gasteiger charge is -2.39. The Hall–Kier alpha value is -1.53. The van der Waals surface area contributed by atoms with Crippen molar-refractivity contribution >= 4 is 29.0 Å². The van der Waals surface area contributed by atoms with E-state index in [1.165, 1.54) is 0 Å². The fraction of sp³-hybridized carbons (Fsp3) is 0.438. The Bertz CT molecular complexity index is 690. The highest BCUT2D eigenvalue weighted by Crippen LogP contribution is 2.36. The smallest absolute Gasteiger partial charge is 0.369 e. The molecule has 1 aliphatic rings. The SMILES string of the molecule is Cc1ccc(N2C[C@H](N)C[C@H](C(F)(F)F)C2)c2cccnc12.Cl. The average Bonchev–Trinajstić information content (AvgIpc) is 2.46. The van der Waals surface area contributed by atoms with E-state index < -0.39 is 18.1 Å². The van der Waals surface area contributed by atoms with E-state index in [-0.39, 0.29) is 25.4 Å². The van der Waals surface area contributed by atoms with Gasteiger partial charge in [0.2, 0.25) is 0 Å². The molecule has 0 aliphatic carbocycles. The van der Waals surface area contributed by atoms with Gasteiger partial charge in [-0.2, -0.15) is 13.2 Å². The molecule has 23 heavy (non-hydrogen) atoms. The van der Waals surface area contributed by atoms with Gasteiger partial charge in [0.25, 0.3) is 0 Å². The highest BCUT2D eigenvalue weighted by molar-refractivity contribution is 5.93. The molecule has 126 valence electrons. The van der Waals surface area contributed by atoms with Crippen molar-refractivity contribution in [1.29, 1.82) is 0 Å². The molecule has 2 aromatic rings. The maximum Gasteiger partial charge on any atom is 0.393 e. The molecule has 0 bridgehead atoms. The molecular formula is C16H19ClF3N3. The molecule has 0 spiro atoms. The number of pyridine rings is 1. The minimum atomic E-state index is -4.21. The Morgan fingerprint density at radius 1 is 1.22 bits per heavy atom. The molecule has 1 aromatic carbocycles. The van der Waals surface area contributed by atoms with Crippen LogP contribution in [0.15, 0.2) is 30.5 Å². The Balaban J connectivity index is 0.00000192. The van der Waals surface area contributed by atoms with Crippen molar-refractivity contribution in [2.75, 3.05) is 18.0 Å². The van der Waals surface area contributed by atoms with E-state index in [9.17, 15) is 13.2 Å². The first-order valence-electron chi connectivity index (χ1n) is 7.28. The van der Waals surface area contributed by atoms with Crippen LogP contribution in [0.4, 0.5) is 18.9 Å². The van der Waals surface area contributed by atoms with Crippen molar-refractivity contribution in [1.82, 2.24) is 4.98 Å². The molecule has 3 rings (SSSR count). The van der Waals surface area contributed by atoms with Crippen LogP contribution in [0.3, 0.4) is 0 Å². The fourth-order valence-electron chi connectivity index (χ4n) is 3.15. The topological polar surface area (TPSA) is 42.1 Å². The molecule has 1 fully saturated rings. The van der Waals surface area contributed by atoms with Gasteiger partial charge in [-0.1, -0.05) is 6.07 Å². The van der Waals surface area contributed by atoms with Crippen LogP contribution in [-0.4, -0.2) is 30.3 Å². The Morgan fingerprint density at radius 3 is 2.65 bits per heavy atom. The summed E-state index contributed by atoms with van der Waals surface area (Å²) < 4.78 is 39.3. The van der Waals surface area contributed by atoms with Crippen LogP contribution in [0.2, 0.25) is 0 Å². The molecule has 2 N–H and O–H groups in total. The van der Waals surface area contributed by atoms with Gasteiger partial charge in [0.05, 0.1) is 11.4 Å². The Morgan fingerprint density at radius 2 is 1.96 bits per heavy atom. The number of hydrogen-bond donors (Lipinski definition) is 1. The number of alkyl halides is 3. The van der Waals surface area contributed by atoms with E-state index in [2.05, 4.69) is 4.98 Å². The van der Waals surface area contributed by atoms with Crippen LogP contribution >= 0.6 is 12.4 Å². The number of anilines is 1. The second-order valence-electron chi connectivity index (χ2n) is 5.94. The van der Waals surface area contributed by atoms with Crippen molar-refractivity contribution in [3.63, 3.8) is 0 Å². The van der Waals surface area contributed by atoms with Crippen LogP contribution in [0.25, 0.3) is 10.9 Å². The van der Waals surface area contributed by atoms with Crippen molar-refractivity contribution in [2.24, 2.45) is 11.7 Å². The maximum atomic E-state index is 13.1. The highest BCUT2D eigenvalue weighted by atomic mass is 35.5. The zero-order valence-corrected chi connectivity index (χ0v) is 13.5. The van der Waals surface area contributed by atoms with Gasteiger partial charge in [0, 0.05) is 36.4 Å². The Labute approximate surface area is 139 Å². The van der Waals surface area contributed by atoms with Gasteiger partial charge >= 0.3 is 6.18 Å². The zero-order valence-electron chi connectivity index (χ0n) is 12.7. The molecular weight excluding hydrogens is 327 g/mol. The number of piperidine rings is 1. The van der Waals surface area contributed by atoms with Gasteiger partial charge in [-0.3, -0.25) is 4.98 Å². The molecule has 2 atom stereocenters. The van der Waals surface area contributed by atoms with Crippen molar-refractivity contribution in [3.05, 3.63) is 36.0 Å². The predicted octanol–water partition coefficient (Wildman–Crippen LogP) is 3.68. The van der Waals surface area contributed by atoms with E-state index in [0.717, 1.165) is 22.2 Å². The maximum absolute atomic E-state index is 13.1. The highest BCUT2D eigenvalue weighted by Gasteiger charge is 2.44. The molecule has 0 radical (unpaired) electrons. The molecule has 0 amide bonds. The lowest BCUT2D eigenvalue weighted by molar-refractivity contribution is -0.177. The largest absolute Gasteiger partial charge is 0.393 e. The third kappa shape index (κ3) is 3.53.